The molecule has 0 radical (unpaired) electrons. The third-order valence-corrected chi connectivity index (χ3v) is 4.70. The summed E-state index contributed by atoms with van der Waals surface area (Å²) in [7, 11) is 5.22. The second-order valence-electron chi connectivity index (χ2n) is 4.24. The average Bonchev–Trinajstić information content (AvgIpc) is 2.82. The Hall–Kier alpha value is -1.56. The molecule has 5 nitrogen and oxygen atoms in total. The Morgan fingerprint density at radius 2 is 2.00 bits per heavy atom. The maximum absolute atomic E-state index is 12.2. The van der Waals surface area contributed by atoms with Crippen LogP contribution in [0.15, 0.2) is 4.79 Å². The Labute approximate surface area is 109 Å². The van der Waals surface area contributed by atoms with Gasteiger partial charge in [-0.15, -0.1) is 11.3 Å². The van der Waals surface area contributed by atoms with E-state index in [0.29, 0.717) is 5.39 Å². The molecule has 0 aliphatic carbocycles. The van der Waals surface area contributed by atoms with E-state index in [9.17, 15) is 9.59 Å². The van der Waals surface area contributed by atoms with Crippen LogP contribution >= 0.6 is 11.3 Å². The van der Waals surface area contributed by atoms with E-state index in [4.69, 9.17) is 0 Å². The van der Waals surface area contributed by atoms with Crippen molar-refractivity contribution in [2.45, 2.75) is 19.8 Å². The van der Waals surface area contributed by atoms with Crippen LogP contribution in [0.1, 0.15) is 17.4 Å². The van der Waals surface area contributed by atoms with Gasteiger partial charge in [0.1, 0.15) is 4.83 Å². The molecular weight excluding hydrogens is 250 g/mol. The van der Waals surface area contributed by atoms with Gasteiger partial charge in [0.2, 0.25) is 5.91 Å². The second-order valence-corrected chi connectivity index (χ2v) is 5.32. The van der Waals surface area contributed by atoms with Crippen molar-refractivity contribution >= 4 is 27.5 Å². The Morgan fingerprint density at radius 3 is 2.56 bits per heavy atom. The quantitative estimate of drug-likeness (QED) is 0.894. The van der Waals surface area contributed by atoms with Crippen molar-refractivity contribution in [2.75, 3.05) is 7.05 Å². The number of aromatic nitrogens is 2. The molecule has 2 heterocycles. The predicted octanol–water partition coefficient (Wildman–Crippen LogP) is 0.789. The maximum atomic E-state index is 12.2. The molecule has 0 unspecified atom stereocenters. The lowest BCUT2D eigenvalue weighted by molar-refractivity contribution is -0.119. The molecule has 2 aromatic rings. The van der Waals surface area contributed by atoms with Crippen molar-refractivity contribution in [1.82, 2.24) is 14.7 Å². The molecule has 18 heavy (non-hydrogen) atoms. The predicted molar refractivity (Wildman–Crippen MR) is 73.2 cm³/mol. The molecule has 2 aromatic heterocycles. The van der Waals surface area contributed by atoms with Crippen LogP contribution in [0.4, 0.5) is 0 Å². The zero-order valence-corrected chi connectivity index (χ0v) is 11.8. The number of hydrogen-bond donors (Lipinski definition) is 1. The normalized spacial score (nSPS) is 11.1. The summed E-state index contributed by atoms with van der Waals surface area (Å²) in [6.45, 7) is 2.04. The summed E-state index contributed by atoms with van der Waals surface area (Å²) in [4.78, 5) is 25.8. The third kappa shape index (κ3) is 1.77. The number of carbonyl (C=O) groups is 1. The molecule has 0 fully saturated rings. The van der Waals surface area contributed by atoms with E-state index in [2.05, 4.69) is 5.32 Å². The van der Waals surface area contributed by atoms with Gasteiger partial charge in [-0.3, -0.25) is 19.0 Å². The molecule has 0 aliphatic rings. The number of rotatable bonds is 3. The highest BCUT2D eigenvalue weighted by atomic mass is 32.1. The number of carbonyl (C=O) groups excluding carboxylic acids is 1. The molecule has 0 saturated carbocycles. The summed E-state index contributed by atoms with van der Waals surface area (Å²) in [6, 6.07) is 0. The zero-order chi connectivity index (χ0) is 13.4. The molecule has 0 saturated heterocycles. The van der Waals surface area contributed by atoms with Crippen molar-refractivity contribution in [3.63, 3.8) is 0 Å². The Balaban J connectivity index is 2.72. The number of fused-ring (bicyclic) bond motifs is 1. The molecule has 1 amide bonds. The van der Waals surface area contributed by atoms with Crippen molar-refractivity contribution in [1.29, 1.82) is 0 Å². The maximum Gasteiger partial charge on any atom is 0.275 e. The molecule has 0 aliphatic heterocycles. The SMILES string of the molecule is CCc1sc2c(c1CC(=O)NC)c(=O)n(C)n2C. The average molecular weight is 267 g/mol. The van der Waals surface area contributed by atoms with Crippen LogP contribution in [-0.2, 0) is 31.7 Å². The summed E-state index contributed by atoms with van der Waals surface area (Å²) in [6.07, 6.45) is 1.12. The van der Waals surface area contributed by atoms with Gasteiger partial charge in [-0.1, -0.05) is 6.92 Å². The number of nitrogens with zero attached hydrogens (tertiary/aromatic N) is 2. The van der Waals surface area contributed by atoms with Crippen LogP contribution in [0.5, 0.6) is 0 Å². The number of amides is 1. The van der Waals surface area contributed by atoms with Crippen LogP contribution in [-0.4, -0.2) is 22.3 Å². The van der Waals surface area contributed by atoms with Gasteiger partial charge < -0.3 is 5.32 Å². The minimum Gasteiger partial charge on any atom is -0.359 e. The Morgan fingerprint density at radius 1 is 1.33 bits per heavy atom. The largest absolute Gasteiger partial charge is 0.359 e. The molecule has 0 atom stereocenters. The van der Waals surface area contributed by atoms with Gasteiger partial charge in [0, 0.05) is 26.0 Å². The fourth-order valence-electron chi connectivity index (χ4n) is 2.10. The number of nitrogens with one attached hydrogen (secondary N) is 1. The summed E-state index contributed by atoms with van der Waals surface area (Å²) in [5, 5.41) is 3.31. The zero-order valence-electron chi connectivity index (χ0n) is 11.0. The standard InChI is InChI=1S/C12H17N3O2S/c1-5-8-7(6-9(16)13-2)10-11(17)14(3)15(4)12(10)18-8/h5-6H2,1-4H3,(H,13,16). The van der Waals surface area contributed by atoms with Gasteiger partial charge in [-0.2, -0.15) is 0 Å². The molecule has 98 valence electrons. The molecule has 1 N–H and O–H groups in total. The van der Waals surface area contributed by atoms with Gasteiger partial charge in [0.05, 0.1) is 11.8 Å². The van der Waals surface area contributed by atoms with E-state index >= 15 is 0 Å². The summed E-state index contributed by atoms with van der Waals surface area (Å²) < 4.78 is 3.42. The lowest BCUT2D eigenvalue weighted by Gasteiger charge is -2.01. The van der Waals surface area contributed by atoms with Crippen LogP contribution in [0.3, 0.4) is 0 Å². The molecule has 0 bridgehead atoms. The first-order chi connectivity index (χ1) is 8.51. The first kappa shape index (κ1) is 12.9. The van der Waals surface area contributed by atoms with Crippen molar-refractivity contribution in [3.05, 3.63) is 20.8 Å². The number of thiophene rings is 1. The van der Waals surface area contributed by atoms with E-state index in [1.54, 1.807) is 30.1 Å². The minimum absolute atomic E-state index is 0.0256. The lowest BCUT2D eigenvalue weighted by Crippen LogP contribution is -2.22. The third-order valence-electron chi connectivity index (χ3n) is 3.26. The van der Waals surface area contributed by atoms with Crippen molar-refractivity contribution in [2.24, 2.45) is 14.1 Å². The number of hydrogen-bond acceptors (Lipinski definition) is 3. The van der Waals surface area contributed by atoms with E-state index < -0.39 is 0 Å². The van der Waals surface area contributed by atoms with E-state index in [0.717, 1.165) is 21.7 Å². The number of aryl methyl sites for hydroxylation is 2. The molecular formula is C12H17N3O2S. The van der Waals surface area contributed by atoms with E-state index in [1.165, 1.54) is 0 Å². The minimum atomic E-state index is -0.0599. The summed E-state index contributed by atoms with van der Waals surface area (Å²) in [5.74, 6) is -0.0599. The van der Waals surface area contributed by atoms with Gasteiger partial charge in [0.15, 0.2) is 0 Å². The van der Waals surface area contributed by atoms with Gasteiger partial charge in [-0.25, -0.2) is 0 Å². The smallest absolute Gasteiger partial charge is 0.275 e. The van der Waals surface area contributed by atoms with Crippen LogP contribution in [0, 0.1) is 0 Å². The topological polar surface area (TPSA) is 56.0 Å². The van der Waals surface area contributed by atoms with Gasteiger partial charge in [-0.05, 0) is 12.0 Å². The van der Waals surface area contributed by atoms with Gasteiger partial charge >= 0.3 is 0 Å². The molecule has 0 spiro atoms. The Kier molecular flexibility index (Phi) is 3.30. The van der Waals surface area contributed by atoms with Crippen molar-refractivity contribution < 1.29 is 4.79 Å². The number of likely N-dealkylation sites (N-methyl/N-ethyl adjacent to an activating group) is 1. The highest BCUT2D eigenvalue weighted by molar-refractivity contribution is 7.18. The van der Waals surface area contributed by atoms with Crippen molar-refractivity contribution in [3.8, 4) is 0 Å². The fraction of sp³-hybridized carbons (Fsp3) is 0.500. The van der Waals surface area contributed by atoms with Crippen LogP contribution < -0.4 is 10.9 Å². The van der Waals surface area contributed by atoms with Crippen LogP contribution in [0.2, 0.25) is 0 Å². The monoisotopic (exact) mass is 267 g/mol. The summed E-state index contributed by atoms with van der Waals surface area (Å²) >= 11 is 1.60. The van der Waals surface area contributed by atoms with Gasteiger partial charge in [0.25, 0.3) is 5.56 Å². The molecule has 2 rings (SSSR count). The fourth-order valence-corrected chi connectivity index (χ4v) is 3.34. The summed E-state index contributed by atoms with van der Waals surface area (Å²) in [5.41, 5.74) is 0.861. The highest BCUT2D eigenvalue weighted by Gasteiger charge is 2.20. The second kappa shape index (κ2) is 4.61. The lowest BCUT2D eigenvalue weighted by atomic mass is 10.1. The van der Waals surface area contributed by atoms with Crippen LogP contribution in [0.25, 0.3) is 10.2 Å². The molecule has 6 heteroatoms. The first-order valence-electron chi connectivity index (χ1n) is 5.88. The Bertz CT molecular complexity index is 663. The highest BCUT2D eigenvalue weighted by Crippen LogP contribution is 2.30. The molecule has 0 aromatic carbocycles. The first-order valence-corrected chi connectivity index (χ1v) is 6.69. The van der Waals surface area contributed by atoms with E-state index in [1.807, 2.05) is 18.7 Å². The van der Waals surface area contributed by atoms with E-state index in [-0.39, 0.29) is 17.9 Å².